The molecule has 1 saturated heterocycles. The smallest absolute Gasteiger partial charge is 0.276 e. The van der Waals surface area contributed by atoms with Crippen molar-refractivity contribution in [1.29, 1.82) is 0 Å². The topological polar surface area (TPSA) is 55.6 Å². The fraction of sp³-hybridized carbons (Fsp3) is 0.412. The van der Waals surface area contributed by atoms with E-state index in [0.29, 0.717) is 18.8 Å². The molecule has 2 heterocycles. The molecule has 0 radical (unpaired) electrons. The monoisotopic (exact) mass is 300 g/mol. The van der Waals surface area contributed by atoms with Gasteiger partial charge >= 0.3 is 0 Å². The Morgan fingerprint density at radius 1 is 1.32 bits per heavy atom. The Morgan fingerprint density at radius 2 is 2.09 bits per heavy atom. The number of ether oxygens (including phenoxy) is 1. The normalized spacial score (nSPS) is 14.7. The van der Waals surface area contributed by atoms with E-state index in [1.54, 1.807) is 11.0 Å². The summed E-state index contributed by atoms with van der Waals surface area (Å²) in [6.45, 7) is 5.25. The minimum Gasteiger partial charge on any atom is -0.486 e. The van der Waals surface area contributed by atoms with Crippen LogP contribution in [0.2, 0.25) is 0 Å². The summed E-state index contributed by atoms with van der Waals surface area (Å²) in [7, 11) is 0. The van der Waals surface area contributed by atoms with Crippen LogP contribution in [0, 0.1) is 0 Å². The third kappa shape index (κ3) is 2.84. The number of amides is 1. The molecule has 0 aliphatic carbocycles. The third-order valence-corrected chi connectivity index (χ3v) is 3.91. The van der Waals surface area contributed by atoms with Crippen LogP contribution in [0.15, 0.2) is 34.9 Å². The van der Waals surface area contributed by atoms with Gasteiger partial charge in [0.1, 0.15) is 17.6 Å². The maximum absolute atomic E-state index is 12.2. The van der Waals surface area contributed by atoms with Gasteiger partial charge in [-0.25, -0.2) is 0 Å². The maximum Gasteiger partial charge on any atom is 0.276 e. The van der Waals surface area contributed by atoms with Gasteiger partial charge in [-0.2, -0.15) is 0 Å². The Labute approximate surface area is 129 Å². The summed E-state index contributed by atoms with van der Waals surface area (Å²) in [5, 5.41) is 3.82. The zero-order chi connectivity index (χ0) is 15.5. The second-order valence-corrected chi connectivity index (χ2v) is 5.44. The van der Waals surface area contributed by atoms with Crippen molar-refractivity contribution in [3.63, 3.8) is 0 Å². The molecule has 1 amide bonds. The summed E-state index contributed by atoms with van der Waals surface area (Å²) in [4.78, 5) is 14.0. The van der Waals surface area contributed by atoms with Crippen molar-refractivity contribution in [3.05, 3.63) is 47.3 Å². The lowest BCUT2D eigenvalue weighted by atomic mass is 10.1. The Morgan fingerprint density at radius 3 is 2.77 bits per heavy atom. The van der Waals surface area contributed by atoms with Crippen molar-refractivity contribution in [2.75, 3.05) is 13.1 Å². The molecule has 0 saturated carbocycles. The molecular weight excluding hydrogens is 280 g/mol. The van der Waals surface area contributed by atoms with Gasteiger partial charge in [0.05, 0.1) is 13.1 Å². The standard InChI is InChI=1S/C17H20N2O3/c1-3-12-7-5-6-8-16(12)21-14-10-19(11-14)17(20)15-9-13(4-2)22-18-15/h5-9,14H,3-4,10-11H2,1-2H3. The minimum atomic E-state index is -0.0907. The molecule has 116 valence electrons. The molecule has 0 atom stereocenters. The number of para-hydroxylation sites is 1. The van der Waals surface area contributed by atoms with E-state index in [2.05, 4.69) is 18.1 Å². The van der Waals surface area contributed by atoms with E-state index in [-0.39, 0.29) is 12.0 Å². The molecule has 22 heavy (non-hydrogen) atoms. The van der Waals surface area contributed by atoms with Gasteiger partial charge in [-0.3, -0.25) is 4.79 Å². The summed E-state index contributed by atoms with van der Waals surface area (Å²) < 4.78 is 11.1. The van der Waals surface area contributed by atoms with E-state index < -0.39 is 0 Å². The predicted molar refractivity (Wildman–Crippen MR) is 82.0 cm³/mol. The Balaban J connectivity index is 1.56. The highest BCUT2D eigenvalue weighted by atomic mass is 16.5. The first kappa shape index (κ1) is 14.6. The molecule has 1 fully saturated rings. The van der Waals surface area contributed by atoms with Gasteiger partial charge in [-0.05, 0) is 18.1 Å². The third-order valence-electron chi connectivity index (χ3n) is 3.91. The number of carbonyl (C=O) groups is 1. The zero-order valence-electron chi connectivity index (χ0n) is 12.9. The second-order valence-electron chi connectivity index (χ2n) is 5.44. The van der Waals surface area contributed by atoms with Crippen molar-refractivity contribution in [2.24, 2.45) is 0 Å². The van der Waals surface area contributed by atoms with Gasteiger partial charge in [-0.1, -0.05) is 37.2 Å². The largest absolute Gasteiger partial charge is 0.486 e. The molecule has 1 aromatic heterocycles. The number of likely N-dealkylation sites (tertiary alicyclic amines) is 1. The van der Waals surface area contributed by atoms with Crippen LogP contribution in [0.1, 0.15) is 35.7 Å². The van der Waals surface area contributed by atoms with Crippen LogP contribution in [0.3, 0.4) is 0 Å². The van der Waals surface area contributed by atoms with E-state index in [1.807, 2.05) is 25.1 Å². The maximum atomic E-state index is 12.2. The van der Waals surface area contributed by atoms with Crippen LogP contribution in [0.5, 0.6) is 5.75 Å². The van der Waals surface area contributed by atoms with Crippen LogP contribution in [-0.4, -0.2) is 35.2 Å². The molecule has 2 aromatic rings. The van der Waals surface area contributed by atoms with Gasteiger partial charge in [0, 0.05) is 12.5 Å². The Hall–Kier alpha value is -2.30. The summed E-state index contributed by atoms with van der Waals surface area (Å²) in [5.41, 5.74) is 1.57. The first-order valence-electron chi connectivity index (χ1n) is 7.70. The number of carbonyl (C=O) groups excluding carboxylic acids is 1. The number of benzene rings is 1. The zero-order valence-corrected chi connectivity index (χ0v) is 12.9. The summed E-state index contributed by atoms with van der Waals surface area (Å²) >= 11 is 0. The number of aromatic nitrogens is 1. The lowest BCUT2D eigenvalue weighted by Gasteiger charge is -2.38. The number of hydrogen-bond donors (Lipinski definition) is 0. The average molecular weight is 300 g/mol. The minimum absolute atomic E-state index is 0.0502. The van der Waals surface area contributed by atoms with E-state index in [4.69, 9.17) is 9.26 Å². The van der Waals surface area contributed by atoms with E-state index >= 15 is 0 Å². The van der Waals surface area contributed by atoms with E-state index in [9.17, 15) is 4.79 Å². The highest BCUT2D eigenvalue weighted by Crippen LogP contribution is 2.23. The molecule has 1 aromatic carbocycles. The number of rotatable bonds is 5. The number of hydrogen-bond acceptors (Lipinski definition) is 4. The van der Waals surface area contributed by atoms with Gasteiger partial charge in [-0.15, -0.1) is 0 Å². The van der Waals surface area contributed by atoms with Crippen LogP contribution in [0.4, 0.5) is 0 Å². The molecule has 0 N–H and O–H groups in total. The van der Waals surface area contributed by atoms with Gasteiger partial charge in [0.2, 0.25) is 0 Å². The molecule has 1 aliphatic rings. The van der Waals surface area contributed by atoms with Crippen LogP contribution < -0.4 is 4.74 Å². The van der Waals surface area contributed by atoms with Crippen LogP contribution in [-0.2, 0) is 12.8 Å². The summed E-state index contributed by atoms with van der Waals surface area (Å²) in [6.07, 6.45) is 1.72. The van der Waals surface area contributed by atoms with Gasteiger partial charge in [0.25, 0.3) is 5.91 Å². The molecule has 0 unspecified atom stereocenters. The Bertz CT molecular complexity index is 659. The van der Waals surface area contributed by atoms with Crippen molar-refractivity contribution < 1.29 is 14.1 Å². The van der Waals surface area contributed by atoms with Gasteiger partial charge in [0.15, 0.2) is 5.69 Å². The van der Waals surface area contributed by atoms with Crippen LogP contribution >= 0.6 is 0 Å². The van der Waals surface area contributed by atoms with Gasteiger partial charge < -0.3 is 14.2 Å². The molecule has 3 rings (SSSR count). The molecule has 1 aliphatic heterocycles. The average Bonchev–Trinajstić information content (AvgIpc) is 2.99. The van der Waals surface area contributed by atoms with E-state index in [1.165, 1.54) is 5.56 Å². The molecular formula is C17H20N2O3. The lowest BCUT2D eigenvalue weighted by molar-refractivity contribution is 0.0167. The molecule has 0 spiro atoms. The predicted octanol–water partition coefficient (Wildman–Crippen LogP) is 2.70. The second kappa shape index (κ2) is 6.22. The summed E-state index contributed by atoms with van der Waals surface area (Å²) in [6, 6.07) is 9.74. The lowest BCUT2D eigenvalue weighted by Crippen LogP contribution is -2.56. The first-order chi connectivity index (χ1) is 10.7. The highest BCUT2D eigenvalue weighted by Gasteiger charge is 2.34. The molecule has 0 bridgehead atoms. The highest BCUT2D eigenvalue weighted by molar-refractivity contribution is 5.92. The number of nitrogens with zero attached hydrogens (tertiary/aromatic N) is 2. The number of aryl methyl sites for hydroxylation is 2. The molecule has 5 nitrogen and oxygen atoms in total. The van der Waals surface area contributed by atoms with E-state index in [0.717, 1.165) is 24.4 Å². The van der Waals surface area contributed by atoms with Crippen molar-refractivity contribution >= 4 is 5.91 Å². The fourth-order valence-electron chi connectivity index (χ4n) is 2.51. The van der Waals surface area contributed by atoms with Crippen molar-refractivity contribution in [1.82, 2.24) is 10.1 Å². The van der Waals surface area contributed by atoms with Crippen molar-refractivity contribution in [2.45, 2.75) is 32.8 Å². The Kier molecular flexibility index (Phi) is 4.13. The summed E-state index contributed by atoms with van der Waals surface area (Å²) in [5.74, 6) is 1.55. The SMILES string of the molecule is CCc1cc(C(=O)N2CC(Oc3ccccc3CC)C2)no1. The van der Waals surface area contributed by atoms with Crippen molar-refractivity contribution in [3.8, 4) is 5.75 Å². The quantitative estimate of drug-likeness (QED) is 0.852. The first-order valence-corrected chi connectivity index (χ1v) is 7.70. The van der Waals surface area contributed by atoms with Crippen LogP contribution in [0.25, 0.3) is 0 Å². The fourth-order valence-corrected chi connectivity index (χ4v) is 2.51. The molecule has 5 heteroatoms.